The minimum Gasteiger partial charge on any atom is -0.433 e. The molecule has 4 atom stereocenters. The third-order valence-electron chi connectivity index (χ3n) is 4.42. The summed E-state index contributed by atoms with van der Waals surface area (Å²) in [5.41, 5.74) is -22.1. The third-order valence-corrected chi connectivity index (χ3v) is 4.42. The first-order valence-electron chi connectivity index (χ1n) is 8.05. The van der Waals surface area contributed by atoms with Crippen molar-refractivity contribution in [2.75, 3.05) is 0 Å². The van der Waals surface area contributed by atoms with Gasteiger partial charge in [-0.25, -0.2) is 36.7 Å². The Morgan fingerprint density at radius 2 is 0.812 bits per heavy atom. The molecule has 14 heteroatoms. The average Bonchev–Trinajstić information content (AvgIpc) is 2.71. The molecule has 0 aromatic carbocycles. The van der Waals surface area contributed by atoms with Gasteiger partial charge in [0.05, 0.1) is 25.0 Å². The van der Waals surface area contributed by atoms with Crippen molar-refractivity contribution in [2.45, 2.75) is 35.0 Å². The number of esters is 4. The summed E-state index contributed by atoms with van der Waals surface area (Å²) in [6.45, 7) is 11.0. The molecule has 1 saturated carbocycles. The van der Waals surface area contributed by atoms with Gasteiger partial charge in [0.1, 0.15) is 0 Å². The van der Waals surface area contributed by atoms with E-state index in [0.717, 1.165) is 0 Å². The summed E-state index contributed by atoms with van der Waals surface area (Å²) >= 11 is 0. The fourth-order valence-corrected chi connectivity index (χ4v) is 2.97. The van der Waals surface area contributed by atoms with Crippen LogP contribution in [0.3, 0.4) is 0 Å². The Morgan fingerprint density at radius 1 is 0.562 bits per heavy atom. The van der Waals surface area contributed by atoms with Gasteiger partial charge in [0.15, 0.2) is 0 Å². The zero-order valence-electron chi connectivity index (χ0n) is 15.9. The summed E-state index contributed by atoms with van der Waals surface area (Å²) < 4.78 is 108. The van der Waals surface area contributed by atoms with Gasteiger partial charge in [0.2, 0.25) is 0 Å². The van der Waals surface area contributed by atoms with E-state index in [1.54, 1.807) is 0 Å². The van der Waals surface area contributed by atoms with Gasteiger partial charge in [0, 0.05) is 6.42 Å². The number of hydrogen-bond donors (Lipinski definition) is 0. The molecule has 0 radical (unpaired) electrons. The molecule has 176 valence electrons. The summed E-state index contributed by atoms with van der Waals surface area (Å²) in [5.74, 6) is -18.1. The molecule has 1 aliphatic rings. The Kier molecular flexibility index (Phi) is 7.04. The van der Waals surface area contributed by atoms with Crippen molar-refractivity contribution in [1.82, 2.24) is 0 Å². The molecule has 8 nitrogen and oxygen atoms in total. The van der Waals surface area contributed by atoms with Crippen LogP contribution in [0.15, 0.2) is 51.4 Å². The van der Waals surface area contributed by atoms with E-state index in [2.05, 4.69) is 45.3 Å². The molecule has 0 heterocycles. The number of carbonyl (C=O) groups is 4. The molecule has 32 heavy (non-hydrogen) atoms. The molecule has 0 N–H and O–H groups in total. The van der Waals surface area contributed by atoms with Crippen LogP contribution in [0.25, 0.3) is 0 Å². The predicted molar refractivity (Wildman–Crippen MR) is 90.1 cm³/mol. The second-order valence-electron chi connectivity index (χ2n) is 5.96. The van der Waals surface area contributed by atoms with Crippen LogP contribution in [-0.2, 0) is 38.1 Å². The van der Waals surface area contributed by atoms with Gasteiger partial charge in [-0.2, -0.15) is 8.78 Å². The number of rotatable bonds is 8. The van der Waals surface area contributed by atoms with E-state index >= 15 is 26.3 Å². The molecule has 0 bridgehead atoms. The van der Waals surface area contributed by atoms with Gasteiger partial charge >= 0.3 is 41.1 Å². The molecule has 0 aromatic rings. The monoisotopic (exact) mass is 472 g/mol. The molecule has 0 saturated heterocycles. The Morgan fingerprint density at radius 3 is 1.06 bits per heavy atom. The maximum Gasteiger partial charge on any atom is 0.359 e. The van der Waals surface area contributed by atoms with E-state index < -0.39 is 58.9 Å². The third kappa shape index (κ3) is 3.08. The van der Waals surface area contributed by atoms with Gasteiger partial charge in [0.25, 0.3) is 11.3 Å². The van der Waals surface area contributed by atoms with Gasteiger partial charge < -0.3 is 18.9 Å². The predicted octanol–water partition coefficient (Wildman–Crippen LogP) is 2.61. The van der Waals surface area contributed by atoms with Crippen molar-refractivity contribution in [2.24, 2.45) is 0 Å². The second kappa shape index (κ2) is 8.51. The standard InChI is InChI=1S/C18H14F6O8/c1-5-29-10(25)14(19)9-15(20,11(26)30-6-2)17(22,13(28)32-8-4)18(23,24)16(14,21)12(27)31-7-3/h5-8H,1-4,9H2. The van der Waals surface area contributed by atoms with E-state index in [9.17, 15) is 19.2 Å². The van der Waals surface area contributed by atoms with Crippen LogP contribution >= 0.6 is 0 Å². The molecule has 1 fully saturated rings. The van der Waals surface area contributed by atoms with Crippen molar-refractivity contribution in [1.29, 1.82) is 0 Å². The van der Waals surface area contributed by atoms with Crippen molar-refractivity contribution < 1.29 is 64.5 Å². The van der Waals surface area contributed by atoms with Gasteiger partial charge in [-0.3, -0.25) is 0 Å². The van der Waals surface area contributed by atoms with Crippen LogP contribution < -0.4 is 0 Å². The Hall–Kier alpha value is -3.58. The van der Waals surface area contributed by atoms with E-state index in [-0.39, 0.29) is 25.0 Å². The maximum absolute atomic E-state index is 15.6. The summed E-state index contributed by atoms with van der Waals surface area (Å²) in [5, 5.41) is 0. The summed E-state index contributed by atoms with van der Waals surface area (Å²) in [4.78, 5) is 48.1. The van der Waals surface area contributed by atoms with E-state index in [1.165, 1.54) is 0 Å². The molecule has 0 aliphatic heterocycles. The minimum atomic E-state index is -6.54. The number of carbonyl (C=O) groups excluding carboxylic acids is 4. The van der Waals surface area contributed by atoms with Crippen molar-refractivity contribution in [3.8, 4) is 0 Å². The normalized spacial score (nSPS) is 33.1. The van der Waals surface area contributed by atoms with Gasteiger partial charge in [-0.15, -0.1) is 0 Å². The first-order chi connectivity index (χ1) is 14.6. The summed E-state index contributed by atoms with van der Waals surface area (Å²) in [6.07, 6.45) is -2.81. The lowest BCUT2D eigenvalue weighted by atomic mass is 9.58. The van der Waals surface area contributed by atoms with Crippen LogP contribution in [0.2, 0.25) is 0 Å². The topological polar surface area (TPSA) is 105 Å². The van der Waals surface area contributed by atoms with E-state index in [1.807, 2.05) is 0 Å². The van der Waals surface area contributed by atoms with Crippen molar-refractivity contribution in [3.63, 3.8) is 0 Å². The zero-order chi connectivity index (χ0) is 25.2. The molecule has 1 rings (SSSR count). The lowest BCUT2D eigenvalue weighted by molar-refractivity contribution is -0.315. The van der Waals surface area contributed by atoms with E-state index in [4.69, 9.17) is 0 Å². The molecule has 4 unspecified atom stereocenters. The van der Waals surface area contributed by atoms with Crippen LogP contribution in [-0.4, -0.2) is 52.5 Å². The highest BCUT2D eigenvalue weighted by atomic mass is 19.3. The number of alkyl halides is 6. The van der Waals surface area contributed by atoms with Crippen molar-refractivity contribution >= 4 is 23.9 Å². The molecule has 0 aromatic heterocycles. The number of hydrogen-bond acceptors (Lipinski definition) is 8. The highest BCUT2D eigenvalue weighted by Gasteiger charge is 2.96. The highest BCUT2D eigenvalue weighted by molar-refractivity contribution is 6.02. The molecule has 1 aliphatic carbocycles. The Bertz CT molecular complexity index is 823. The second-order valence-corrected chi connectivity index (χ2v) is 5.96. The number of ether oxygens (including phenoxy) is 4. The minimum absolute atomic E-state index is 0.0236. The van der Waals surface area contributed by atoms with E-state index in [0.29, 0.717) is 0 Å². The van der Waals surface area contributed by atoms with Crippen molar-refractivity contribution in [3.05, 3.63) is 51.4 Å². The Labute approximate surface area is 175 Å². The van der Waals surface area contributed by atoms with Crippen LogP contribution in [0, 0.1) is 0 Å². The molecular weight excluding hydrogens is 458 g/mol. The molecular formula is C18H14F6O8. The summed E-state index contributed by atoms with van der Waals surface area (Å²) in [6, 6.07) is 0. The first-order valence-corrected chi connectivity index (χ1v) is 8.05. The Balaban J connectivity index is 4.18. The first kappa shape index (κ1) is 26.5. The summed E-state index contributed by atoms with van der Waals surface area (Å²) in [7, 11) is 0. The SMILES string of the molecule is C=COC(=O)C1(F)CC(F)(C(=O)OC=C)C(F)(C(=O)OC=C)C(F)(F)C1(F)C(=O)OC=C. The fraction of sp³-hybridized carbons (Fsp3) is 0.333. The fourth-order valence-electron chi connectivity index (χ4n) is 2.97. The highest BCUT2D eigenvalue weighted by Crippen LogP contribution is 2.64. The lowest BCUT2D eigenvalue weighted by Crippen LogP contribution is -2.85. The smallest absolute Gasteiger partial charge is 0.359 e. The average molecular weight is 472 g/mol. The van der Waals surface area contributed by atoms with Gasteiger partial charge in [-0.1, -0.05) is 26.3 Å². The van der Waals surface area contributed by atoms with Crippen LogP contribution in [0.5, 0.6) is 0 Å². The molecule has 0 spiro atoms. The molecule has 0 amide bonds. The number of halogens is 6. The van der Waals surface area contributed by atoms with Gasteiger partial charge in [-0.05, 0) is 0 Å². The van der Waals surface area contributed by atoms with Crippen LogP contribution in [0.4, 0.5) is 26.3 Å². The largest absolute Gasteiger partial charge is 0.433 e. The zero-order valence-corrected chi connectivity index (χ0v) is 15.9. The quantitative estimate of drug-likeness (QED) is 0.230. The van der Waals surface area contributed by atoms with Crippen LogP contribution in [0.1, 0.15) is 6.42 Å². The lowest BCUT2D eigenvalue weighted by Gasteiger charge is -2.52. The maximum atomic E-state index is 15.6.